The van der Waals surface area contributed by atoms with Gasteiger partial charge in [-0.15, -0.1) is 0 Å². The summed E-state index contributed by atoms with van der Waals surface area (Å²) in [7, 11) is 0. The van der Waals surface area contributed by atoms with Gasteiger partial charge in [-0.2, -0.15) is 5.10 Å². The van der Waals surface area contributed by atoms with E-state index >= 15 is 0 Å². The topological polar surface area (TPSA) is 64.0 Å². The van der Waals surface area contributed by atoms with E-state index in [4.69, 9.17) is 0 Å². The molecule has 1 aromatic heterocycles. The van der Waals surface area contributed by atoms with E-state index in [1.54, 1.807) is 0 Å². The Labute approximate surface area is 113 Å². The van der Waals surface area contributed by atoms with Crippen LogP contribution in [0.15, 0.2) is 16.9 Å². The highest BCUT2D eigenvalue weighted by Gasteiger charge is 2.19. The van der Waals surface area contributed by atoms with Crippen molar-refractivity contribution < 1.29 is 4.79 Å². The SMILES string of the molecule is CC(C)Cn1nc(C(=O)NC2CCCC2)ccc1=O. The van der Waals surface area contributed by atoms with Gasteiger partial charge in [-0.05, 0) is 24.8 Å². The summed E-state index contributed by atoms with van der Waals surface area (Å²) < 4.78 is 1.37. The van der Waals surface area contributed by atoms with Gasteiger partial charge in [0.1, 0.15) is 5.69 Å². The Hall–Kier alpha value is -1.65. The first kappa shape index (κ1) is 13.8. The third kappa shape index (κ3) is 3.66. The van der Waals surface area contributed by atoms with E-state index in [1.165, 1.54) is 29.7 Å². The molecule has 1 saturated carbocycles. The van der Waals surface area contributed by atoms with Crippen LogP contribution in [0.4, 0.5) is 0 Å². The van der Waals surface area contributed by atoms with E-state index in [1.807, 2.05) is 13.8 Å². The Morgan fingerprint density at radius 3 is 2.74 bits per heavy atom. The molecule has 2 rings (SSSR count). The van der Waals surface area contributed by atoms with E-state index in [0.717, 1.165) is 12.8 Å². The minimum atomic E-state index is -0.176. The first-order chi connectivity index (χ1) is 9.06. The Balaban J connectivity index is 2.10. The predicted molar refractivity (Wildman–Crippen MR) is 73.1 cm³/mol. The van der Waals surface area contributed by atoms with Crippen molar-refractivity contribution >= 4 is 5.91 Å². The van der Waals surface area contributed by atoms with Gasteiger partial charge >= 0.3 is 0 Å². The van der Waals surface area contributed by atoms with Crippen LogP contribution in [-0.2, 0) is 6.54 Å². The molecule has 5 nitrogen and oxygen atoms in total. The van der Waals surface area contributed by atoms with E-state index in [0.29, 0.717) is 18.2 Å². The van der Waals surface area contributed by atoms with Crippen molar-refractivity contribution in [3.8, 4) is 0 Å². The van der Waals surface area contributed by atoms with Gasteiger partial charge in [-0.1, -0.05) is 26.7 Å². The summed E-state index contributed by atoms with van der Waals surface area (Å²) in [6.45, 7) is 4.56. The lowest BCUT2D eigenvalue weighted by Crippen LogP contribution is -2.35. The van der Waals surface area contributed by atoms with Crippen LogP contribution in [0.25, 0.3) is 0 Å². The third-order valence-corrected chi connectivity index (χ3v) is 3.33. The normalized spacial score (nSPS) is 15.9. The molecule has 1 aliphatic carbocycles. The molecular formula is C14H21N3O2. The fourth-order valence-electron chi connectivity index (χ4n) is 2.38. The zero-order chi connectivity index (χ0) is 13.8. The molecule has 1 heterocycles. The number of carbonyl (C=O) groups excluding carboxylic acids is 1. The number of carbonyl (C=O) groups is 1. The monoisotopic (exact) mass is 263 g/mol. The van der Waals surface area contributed by atoms with Crippen molar-refractivity contribution in [2.75, 3.05) is 0 Å². The Morgan fingerprint density at radius 1 is 1.42 bits per heavy atom. The Kier molecular flexibility index (Phi) is 4.35. The Bertz CT molecular complexity index is 502. The molecule has 104 valence electrons. The van der Waals surface area contributed by atoms with Gasteiger partial charge in [0.25, 0.3) is 11.5 Å². The van der Waals surface area contributed by atoms with E-state index in [2.05, 4.69) is 10.4 Å². The van der Waals surface area contributed by atoms with Crippen LogP contribution in [0.1, 0.15) is 50.0 Å². The first-order valence-corrected chi connectivity index (χ1v) is 6.95. The van der Waals surface area contributed by atoms with Crippen molar-refractivity contribution in [1.82, 2.24) is 15.1 Å². The van der Waals surface area contributed by atoms with Gasteiger partial charge in [0.15, 0.2) is 0 Å². The zero-order valence-electron chi connectivity index (χ0n) is 11.6. The quantitative estimate of drug-likeness (QED) is 0.897. The average Bonchev–Trinajstić information content (AvgIpc) is 2.84. The molecule has 0 atom stereocenters. The number of hydrogen-bond acceptors (Lipinski definition) is 3. The van der Waals surface area contributed by atoms with Crippen LogP contribution in [0.5, 0.6) is 0 Å². The lowest BCUT2D eigenvalue weighted by Gasteiger charge is -2.12. The van der Waals surface area contributed by atoms with Crippen molar-refractivity contribution in [3.63, 3.8) is 0 Å². The van der Waals surface area contributed by atoms with Gasteiger partial charge in [-0.3, -0.25) is 9.59 Å². The van der Waals surface area contributed by atoms with Crippen LogP contribution in [0.3, 0.4) is 0 Å². The van der Waals surface area contributed by atoms with E-state index < -0.39 is 0 Å². The van der Waals surface area contributed by atoms with Gasteiger partial charge < -0.3 is 5.32 Å². The molecule has 0 saturated heterocycles. The summed E-state index contributed by atoms with van der Waals surface area (Å²) in [5.74, 6) is 0.141. The molecule has 5 heteroatoms. The maximum atomic E-state index is 12.1. The standard InChI is InChI=1S/C14H21N3O2/c1-10(2)9-17-13(18)8-7-12(16-17)14(19)15-11-5-3-4-6-11/h7-8,10-11H,3-6,9H2,1-2H3,(H,15,19). The summed E-state index contributed by atoms with van der Waals surface area (Å²) in [4.78, 5) is 23.7. The predicted octanol–water partition coefficient (Wildman–Crippen LogP) is 1.57. The van der Waals surface area contributed by atoms with Crippen molar-refractivity contribution in [2.24, 2.45) is 5.92 Å². The second kappa shape index (κ2) is 5.99. The van der Waals surface area contributed by atoms with Crippen LogP contribution >= 0.6 is 0 Å². The van der Waals surface area contributed by atoms with Crippen LogP contribution < -0.4 is 10.9 Å². The molecule has 1 fully saturated rings. The van der Waals surface area contributed by atoms with Gasteiger partial charge in [0.05, 0.1) is 0 Å². The summed E-state index contributed by atoms with van der Waals surface area (Å²) in [6.07, 6.45) is 4.42. The molecule has 0 bridgehead atoms. The van der Waals surface area contributed by atoms with Crippen molar-refractivity contribution in [1.29, 1.82) is 0 Å². The van der Waals surface area contributed by atoms with Crippen LogP contribution in [-0.4, -0.2) is 21.7 Å². The number of rotatable bonds is 4. The zero-order valence-corrected chi connectivity index (χ0v) is 11.6. The number of aromatic nitrogens is 2. The van der Waals surface area contributed by atoms with Crippen LogP contribution in [0.2, 0.25) is 0 Å². The molecule has 1 aliphatic rings. The van der Waals surface area contributed by atoms with E-state index in [9.17, 15) is 9.59 Å². The molecule has 1 aromatic rings. The average molecular weight is 263 g/mol. The highest BCUT2D eigenvalue weighted by molar-refractivity contribution is 5.92. The largest absolute Gasteiger partial charge is 0.348 e. The number of amides is 1. The first-order valence-electron chi connectivity index (χ1n) is 6.95. The molecule has 0 unspecified atom stereocenters. The second-order valence-corrected chi connectivity index (χ2v) is 5.59. The summed E-state index contributed by atoms with van der Waals surface area (Å²) in [6, 6.07) is 3.18. The summed E-state index contributed by atoms with van der Waals surface area (Å²) in [5.41, 5.74) is 0.165. The highest BCUT2D eigenvalue weighted by Crippen LogP contribution is 2.17. The maximum absolute atomic E-state index is 12.1. The number of hydrogen-bond donors (Lipinski definition) is 1. The molecule has 0 aliphatic heterocycles. The molecule has 1 amide bonds. The lowest BCUT2D eigenvalue weighted by molar-refractivity contribution is 0.0930. The van der Waals surface area contributed by atoms with Gasteiger partial charge in [-0.25, -0.2) is 4.68 Å². The number of nitrogens with zero attached hydrogens (tertiary/aromatic N) is 2. The minimum absolute atomic E-state index is 0.161. The van der Waals surface area contributed by atoms with Crippen molar-refractivity contribution in [2.45, 2.75) is 52.1 Å². The maximum Gasteiger partial charge on any atom is 0.271 e. The van der Waals surface area contributed by atoms with Crippen LogP contribution in [0, 0.1) is 5.92 Å². The van der Waals surface area contributed by atoms with Gasteiger partial charge in [0.2, 0.25) is 0 Å². The fraction of sp³-hybridized carbons (Fsp3) is 0.643. The number of nitrogens with one attached hydrogen (secondary N) is 1. The fourth-order valence-corrected chi connectivity index (χ4v) is 2.38. The summed E-state index contributed by atoms with van der Waals surface area (Å²) >= 11 is 0. The summed E-state index contributed by atoms with van der Waals surface area (Å²) in [5, 5.41) is 7.12. The van der Waals surface area contributed by atoms with Crippen molar-refractivity contribution in [3.05, 3.63) is 28.2 Å². The highest BCUT2D eigenvalue weighted by atomic mass is 16.2. The molecule has 0 spiro atoms. The molecule has 19 heavy (non-hydrogen) atoms. The smallest absolute Gasteiger partial charge is 0.271 e. The second-order valence-electron chi connectivity index (χ2n) is 5.59. The van der Waals surface area contributed by atoms with Gasteiger partial charge in [0, 0.05) is 18.7 Å². The third-order valence-electron chi connectivity index (χ3n) is 3.33. The molecule has 0 aromatic carbocycles. The van der Waals surface area contributed by atoms with E-state index in [-0.39, 0.29) is 17.5 Å². The lowest BCUT2D eigenvalue weighted by atomic mass is 10.2. The molecular weight excluding hydrogens is 242 g/mol. The molecule has 1 N–H and O–H groups in total. The molecule has 0 radical (unpaired) electrons. The Morgan fingerprint density at radius 2 is 2.11 bits per heavy atom. The minimum Gasteiger partial charge on any atom is -0.348 e.